The minimum Gasteiger partial charge on any atom is -0.377 e. The zero-order valence-corrected chi connectivity index (χ0v) is 17.4. The first kappa shape index (κ1) is 21.4. The molecule has 0 spiro atoms. The van der Waals surface area contributed by atoms with Crippen LogP contribution in [0.15, 0.2) is 10.4 Å². The van der Waals surface area contributed by atoms with Gasteiger partial charge in [-0.1, -0.05) is 0 Å². The third-order valence-electron chi connectivity index (χ3n) is 2.90. The van der Waals surface area contributed by atoms with Gasteiger partial charge in [0.05, 0.1) is 17.8 Å². The van der Waals surface area contributed by atoms with Crippen molar-refractivity contribution in [3.05, 3.63) is 11.1 Å². The molecule has 0 unspecified atom stereocenters. The smallest absolute Gasteiger partial charge is 0.191 e. The average molecular weight is 441 g/mol. The second-order valence-electron chi connectivity index (χ2n) is 5.53. The summed E-state index contributed by atoms with van der Waals surface area (Å²) in [7, 11) is 5.69. The van der Waals surface area contributed by atoms with Crippen LogP contribution in [0.2, 0.25) is 0 Å². The Kier molecular flexibility index (Phi) is 9.94. The summed E-state index contributed by atoms with van der Waals surface area (Å²) in [4.78, 5) is 11.1. The Morgan fingerprint density at radius 3 is 2.59 bits per heavy atom. The van der Waals surface area contributed by atoms with Gasteiger partial charge in [0, 0.05) is 39.7 Å². The van der Waals surface area contributed by atoms with E-state index in [2.05, 4.69) is 20.6 Å². The van der Waals surface area contributed by atoms with Crippen LogP contribution in [0, 0.1) is 0 Å². The molecule has 2 N–H and O–H groups in total. The van der Waals surface area contributed by atoms with Crippen LogP contribution in [0.4, 0.5) is 5.13 Å². The van der Waals surface area contributed by atoms with Crippen LogP contribution in [-0.2, 0) is 11.3 Å². The molecule has 0 saturated carbocycles. The van der Waals surface area contributed by atoms with E-state index in [1.807, 2.05) is 45.1 Å². The zero-order chi connectivity index (χ0) is 15.9. The molecule has 128 valence electrons. The summed E-state index contributed by atoms with van der Waals surface area (Å²) in [6.07, 6.45) is 0. The molecular weight excluding hydrogens is 413 g/mol. The van der Waals surface area contributed by atoms with Crippen molar-refractivity contribution >= 4 is 46.4 Å². The number of aliphatic imine (C=N–C) groups is 1. The molecule has 0 aromatic carbocycles. The summed E-state index contributed by atoms with van der Waals surface area (Å²) < 4.78 is 5.40. The van der Waals surface area contributed by atoms with E-state index < -0.39 is 0 Å². The lowest BCUT2D eigenvalue weighted by Crippen LogP contribution is -2.45. The first-order chi connectivity index (χ1) is 9.88. The van der Waals surface area contributed by atoms with Crippen LogP contribution < -0.4 is 15.5 Å². The van der Waals surface area contributed by atoms with Crippen molar-refractivity contribution in [1.82, 2.24) is 15.6 Å². The quantitative estimate of drug-likeness (QED) is 0.387. The molecule has 0 aliphatic carbocycles. The number of methoxy groups -OCH3 is 1. The largest absolute Gasteiger partial charge is 0.377 e. The highest BCUT2D eigenvalue weighted by Gasteiger charge is 2.16. The number of nitrogens with one attached hydrogen (secondary N) is 2. The monoisotopic (exact) mass is 441 g/mol. The summed E-state index contributed by atoms with van der Waals surface area (Å²) >= 11 is 1.63. The number of thiazole rings is 1. The van der Waals surface area contributed by atoms with Crippen LogP contribution in [0.1, 0.15) is 26.5 Å². The molecule has 1 rings (SSSR count). The molecule has 8 heteroatoms. The maximum absolute atomic E-state index is 5.40. The van der Waals surface area contributed by atoms with Crippen molar-refractivity contribution in [3.63, 3.8) is 0 Å². The summed E-state index contributed by atoms with van der Waals surface area (Å²) in [5.41, 5.74) is 0.751. The highest BCUT2D eigenvalue weighted by molar-refractivity contribution is 14.0. The topological polar surface area (TPSA) is 61.8 Å². The Balaban J connectivity index is 0.00000441. The summed E-state index contributed by atoms with van der Waals surface area (Å²) in [5.74, 6) is 0.780. The lowest BCUT2D eigenvalue weighted by atomic mass is 10.1. The highest BCUT2D eigenvalue weighted by atomic mass is 127. The number of ether oxygens (including phenoxy) is 1. The second-order valence-corrected chi connectivity index (χ2v) is 6.36. The van der Waals surface area contributed by atoms with Gasteiger partial charge in [-0.15, -0.1) is 35.3 Å². The molecule has 6 nitrogen and oxygen atoms in total. The van der Waals surface area contributed by atoms with Crippen LogP contribution in [0.5, 0.6) is 0 Å². The fraction of sp³-hybridized carbons (Fsp3) is 0.714. The number of hydrogen-bond donors (Lipinski definition) is 2. The summed E-state index contributed by atoms with van der Waals surface area (Å²) in [5, 5.41) is 9.56. The molecule has 0 amide bonds. The standard InChI is InChI=1S/C14H27N5OS.HI/c1-7-15-12(17-10-14(2,3)20-6)16-8-11-9-21-13(18-11)19(4)5;/h9H,7-8,10H2,1-6H3,(H2,15,16,17);1H. The van der Waals surface area contributed by atoms with Gasteiger partial charge in [0.1, 0.15) is 0 Å². The number of nitrogens with zero attached hydrogens (tertiary/aromatic N) is 3. The van der Waals surface area contributed by atoms with Gasteiger partial charge in [-0.3, -0.25) is 0 Å². The first-order valence-corrected chi connectivity index (χ1v) is 7.95. The van der Waals surface area contributed by atoms with Crippen molar-refractivity contribution in [2.45, 2.75) is 32.9 Å². The first-order valence-electron chi connectivity index (χ1n) is 7.07. The number of halogens is 1. The van der Waals surface area contributed by atoms with Crippen molar-refractivity contribution in [2.24, 2.45) is 4.99 Å². The number of aromatic nitrogens is 1. The van der Waals surface area contributed by atoms with Crippen molar-refractivity contribution < 1.29 is 4.74 Å². The number of hydrogen-bond acceptors (Lipinski definition) is 5. The Labute approximate surface area is 154 Å². The van der Waals surface area contributed by atoms with E-state index in [0.717, 1.165) is 23.3 Å². The Morgan fingerprint density at radius 2 is 2.09 bits per heavy atom. The van der Waals surface area contributed by atoms with E-state index in [1.165, 1.54) is 0 Å². The number of guanidine groups is 1. The Bertz CT molecular complexity index is 462. The maximum atomic E-state index is 5.40. The molecular formula is C14H28IN5OS. The highest BCUT2D eigenvalue weighted by Crippen LogP contribution is 2.18. The lowest BCUT2D eigenvalue weighted by molar-refractivity contribution is 0.0268. The third kappa shape index (κ3) is 7.59. The number of rotatable bonds is 7. The SMILES string of the molecule is CCNC(=NCc1csc(N(C)C)n1)NCC(C)(C)OC.I. The van der Waals surface area contributed by atoms with Crippen molar-refractivity contribution in [1.29, 1.82) is 0 Å². The van der Waals surface area contributed by atoms with Gasteiger partial charge in [-0.05, 0) is 20.8 Å². The van der Waals surface area contributed by atoms with Gasteiger partial charge in [0.15, 0.2) is 11.1 Å². The van der Waals surface area contributed by atoms with Gasteiger partial charge >= 0.3 is 0 Å². The van der Waals surface area contributed by atoms with Crippen molar-refractivity contribution in [2.75, 3.05) is 39.2 Å². The van der Waals surface area contributed by atoms with E-state index in [4.69, 9.17) is 4.74 Å². The molecule has 0 fully saturated rings. The molecule has 0 radical (unpaired) electrons. The van der Waals surface area contributed by atoms with E-state index >= 15 is 0 Å². The molecule has 22 heavy (non-hydrogen) atoms. The fourth-order valence-electron chi connectivity index (χ4n) is 1.44. The van der Waals surface area contributed by atoms with E-state index in [1.54, 1.807) is 18.4 Å². The lowest BCUT2D eigenvalue weighted by Gasteiger charge is -2.24. The molecule has 0 aliphatic rings. The number of anilines is 1. The van der Waals surface area contributed by atoms with Crippen LogP contribution in [0.3, 0.4) is 0 Å². The predicted octanol–water partition coefficient (Wildman–Crippen LogP) is 2.31. The molecule has 1 heterocycles. The molecule has 1 aromatic heterocycles. The Hall–Kier alpha value is -0.610. The predicted molar refractivity (Wildman–Crippen MR) is 106 cm³/mol. The van der Waals surface area contributed by atoms with Gasteiger partial charge in [0.25, 0.3) is 0 Å². The van der Waals surface area contributed by atoms with Gasteiger partial charge in [-0.25, -0.2) is 9.98 Å². The normalized spacial score (nSPS) is 11.8. The summed E-state index contributed by atoms with van der Waals surface area (Å²) in [6, 6.07) is 0. The van der Waals surface area contributed by atoms with Crippen LogP contribution >= 0.6 is 35.3 Å². The van der Waals surface area contributed by atoms with Crippen LogP contribution in [0.25, 0.3) is 0 Å². The molecule has 0 bridgehead atoms. The zero-order valence-electron chi connectivity index (χ0n) is 14.3. The van der Waals surface area contributed by atoms with Crippen LogP contribution in [-0.4, -0.2) is 50.8 Å². The van der Waals surface area contributed by atoms with E-state index in [-0.39, 0.29) is 29.6 Å². The summed E-state index contributed by atoms with van der Waals surface area (Å²) in [6.45, 7) is 8.19. The van der Waals surface area contributed by atoms with Gasteiger partial charge < -0.3 is 20.3 Å². The van der Waals surface area contributed by atoms with E-state index in [9.17, 15) is 0 Å². The van der Waals surface area contributed by atoms with Crippen molar-refractivity contribution in [3.8, 4) is 0 Å². The molecule has 0 aliphatic heterocycles. The Morgan fingerprint density at radius 1 is 1.41 bits per heavy atom. The minimum absolute atomic E-state index is 0. The second kappa shape index (κ2) is 10.2. The molecule has 0 saturated heterocycles. The molecule has 1 aromatic rings. The fourth-order valence-corrected chi connectivity index (χ4v) is 2.19. The minimum atomic E-state index is -0.227. The average Bonchev–Trinajstić information content (AvgIpc) is 2.91. The van der Waals surface area contributed by atoms with Gasteiger partial charge in [-0.2, -0.15) is 0 Å². The maximum Gasteiger partial charge on any atom is 0.191 e. The van der Waals surface area contributed by atoms with E-state index in [0.29, 0.717) is 13.1 Å². The molecule has 0 atom stereocenters. The third-order valence-corrected chi connectivity index (χ3v) is 3.96. The van der Waals surface area contributed by atoms with Gasteiger partial charge in [0.2, 0.25) is 0 Å².